The highest BCUT2D eigenvalue weighted by molar-refractivity contribution is 9.10. The van der Waals surface area contributed by atoms with Gasteiger partial charge in [-0.15, -0.1) is 0 Å². The minimum absolute atomic E-state index is 0.172. The summed E-state index contributed by atoms with van der Waals surface area (Å²) >= 11 is 3.43. The Morgan fingerprint density at radius 3 is 2.60 bits per heavy atom. The zero-order valence-corrected chi connectivity index (χ0v) is 12.1. The summed E-state index contributed by atoms with van der Waals surface area (Å²) < 4.78 is 16.7. The number of hydrogen-bond acceptors (Lipinski definition) is 4. The molecular weight excluding hydrogens is 324 g/mol. The predicted molar refractivity (Wildman–Crippen MR) is 75.8 cm³/mol. The Bertz CT molecular complexity index is 640. The number of ether oxygens (including phenoxy) is 3. The van der Waals surface area contributed by atoms with Gasteiger partial charge >= 0.3 is 5.97 Å². The SMILES string of the molecule is O=C(OCc1cc2c(cc1Br)OCO2)c1ccccc1. The van der Waals surface area contributed by atoms with Crippen molar-refractivity contribution >= 4 is 21.9 Å². The van der Waals surface area contributed by atoms with Crippen molar-refractivity contribution in [2.75, 3.05) is 6.79 Å². The first-order valence-corrected chi connectivity index (χ1v) is 6.83. The molecule has 20 heavy (non-hydrogen) atoms. The Morgan fingerprint density at radius 1 is 1.15 bits per heavy atom. The Balaban J connectivity index is 1.71. The van der Waals surface area contributed by atoms with Crippen LogP contribution in [0.2, 0.25) is 0 Å². The van der Waals surface area contributed by atoms with Crippen LogP contribution in [0.4, 0.5) is 0 Å². The van der Waals surface area contributed by atoms with E-state index in [9.17, 15) is 4.79 Å². The standard InChI is InChI=1S/C15H11BrO4/c16-12-7-14-13(19-9-20-14)6-11(12)8-18-15(17)10-4-2-1-3-5-10/h1-7H,8-9H2. The molecule has 0 N–H and O–H groups in total. The van der Waals surface area contributed by atoms with Crippen LogP contribution < -0.4 is 9.47 Å². The first kappa shape index (κ1) is 13.0. The van der Waals surface area contributed by atoms with Gasteiger partial charge in [0.25, 0.3) is 0 Å². The lowest BCUT2D eigenvalue weighted by atomic mass is 10.2. The fourth-order valence-corrected chi connectivity index (χ4v) is 2.31. The van der Waals surface area contributed by atoms with E-state index in [0.29, 0.717) is 17.1 Å². The van der Waals surface area contributed by atoms with Gasteiger partial charge in [0, 0.05) is 10.0 Å². The fraction of sp³-hybridized carbons (Fsp3) is 0.133. The van der Waals surface area contributed by atoms with E-state index in [1.54, 1.807) is 24.3 Å². The fourth-order valence-electron chi connectivity index (χ4n) is 1.87. The Hall–Kier alpha value is -2.01. The van der Waals surface area contributed by atoms with Gasteiger partial charge in [-0.05, 0) is 24.3 Å². The number of fused-ring (bicyclic) bond motifs is 1. The molecule has 0 fully saturated rings. The van der Waals surface area contributed by atoms with Crippen LogP contribution in [0.15, 0.2) is 46.9 Å². The first-order chi connectivity index (χ1) is 9.74. The summed E-state index contributed by atoms with van der Waals surface area (Å²) in [5.41, 5.74) is 1.36. The molecule has 0 bridgehead atoms. The molecule has 1 heterocycles. The molecule has 0 amide bonds. The van der Waals surface area contributed by atoms with Crippen LogP contribution in [0.5, 0.6) is 11.5 Å². The van der Waals surface area contributed by atoms with Crippen LogP contribution >= 0.6 is 15.9 Å². The molecule has 1 aliphatic rings. The molecule has 0 saturated heterocycles. The third kappa shape index (κ3) is 2.63. The van der Waals surface area contributed by atoms with Crippen molar-refractivity contribution in [3.05, 3.63) is 58.1 Å². The van der Waals surface area contributed by atoms with Crippen molar-refractivity contribution in [3.8, 4) is 11.5 Å². The maximum atomic E-state index is 11.9. The van der Waals surface area contributed by atoms with Gasteiger partial charge in [0.15, 0.2) is 11.5 Å². The zero-order chi connectivity index (χ0) is 13.9. The summed E-state index contributed by atoms with van der Waals surface area (Å²) in [5, 5.41) is 0. The molecule has 0 saturated carbocycles. The molecule has 0 unspecified atom stereocenters. The van der Waals surface area contributed by atoms with E-state index >= 15 is 0 Å². The molecule has 0 aromatic heterocycles. The molecule has 102 valence electrons. The second-order valence-electron chi connectivity index (χ2n) is 4.24. The van der Waals surface area contributed by atoms with E-state index in [1.165, 1.54) is 0 Å². The Labute approximate surface area is 124 Å². The maximum Gasteiger partial charge on any atom is 0.338 e. The van der Waals surface area contributed by atoms with Gasteiger partial charge in [-0.2, -0.15) is 0 Å². The average Bonchev–Trinajstić information content (AvgIpc) is 2.92. The van der Waals surface area contributed by atoms with Gasteiger partial charge in [-0.1, -0.05) is 34.1 Å². The number of esters is 1. The maximum absolute atomic E-state index is 11.9. The smallest absolute Gasteiger partial charge is 0.338 e. The van der Waals surface area contributed by atoms with Crippen molar-refractivity contribution in [2.24, 2.45) is 0 Å². The number of benzene rings is 2. The van der Waals surface area contributed by atoms with Crippen LogP contribution in [-0.4, -0.2) is 12.8 Å². The summed E-state index contributed by atoms with van der Waals surface area (Å²) in [6.07, 6.45) is 0. The Kier molecular flexibility index (Phi) is 3.60. The van der Waals surface area contributed by atoms with Gasteiger partial charge < -0.3 is 14.2 Å². The van der Waals surface area contributed by atoms with Gasteiger partial charge in [0.1, 0.15) is 6.61 Å². The number of rotatable bonds is 3. The topological polar surface area (TPSA) is 44.8 Å². The molecule has 2 aromatic rings. The Morgan fingerprint density at radius 2 is 1.85 bits per heavy atom. The highest BCUT2D eigenvalue weighted by Crippen LogP contribution is 2.37. The minimum Gasteiger partial charge on any atom is -0.457 e. The van der Waals surface area contributed by atoms with Gasteiger partial charge in [-0.3, -0.25) is 0 Å². The van der Waals surface area contributed by atoms with Crippen LogP contribution in [-0.2, 0) is 11.3 Å². The predicted octanol–water partition coefficient (Wildman–Crippen LogP) is 3.53. The number of hydrogen-bond donors (Lipinski definition) is 0. The summed E-state index contributed by atoms with van der Waals surface area (Å²) in [6.45, 7) is 0.389. The molecule has 4 nitrogen and oxygen atoms in total. The minimum atomic E-state index is -0.352. The summed E-state index contributed by atoms with van der Waals surface area (Å²) in [5.74, 6) is 1.00. The van der Waals surface area contributed by atoms with Crippen molar-refractivity contribution in [1.29, 1.82) is 0 Å². The molecule has 0 radical (unpaired) electrons. The number of carbonyl (C=O) groups excluding carboxylic acids is 1. The quantitative estimate of drug-likeness (QED) is 0.805. The highest BCUT2D eigenvalue weighted by Gasteiger charge is 2.17. The summed E-state index contributed by atoms with van der Waals surface area (Å²) in [4.78, 5) is 11.9. The second-order valence-corrected chi connectivity index (χ2v) is 5.09. The van der Waals surface area contributed by atoms with Crippen LogP contribution in [0.25, 0.3) is 0 Å². The van der Waals surface area contributed by atoms with E-state index in [1.807, 2.05) is 18.2 Å². The highest BCUT2D eigenvalue weighted by atomic mass is 79.9. The molecule has 5 heteroatoms. The average molecular weight is 335 g/mol. The molecule has 1 aliphatic heterocycles. The lowest BCUT2D eigenvalue weighted by Crippen LogP contribution is -2.05. The van der Waals surface area contributed by atoms with E-state index in [4.69, 9.17) is 14.2 Å². The van der Waals surface area contributed by atoms with E-state index in [0.717, 1.165) is 10.0 Å². The van der Waals surface area contributed by atoms with Crippen LogP contribution in [0.3, 0.4) is 0 Å². The molecule has 0 aliphatic carbocycles. The third-order valence-corrected chi connectivity index (χ3v) is 3.65. The molecular formula is C15H11BrO4. The number of carbonyl (C=O) groups is 1. The normalized spacial score (nSPS) is 12.2. The van der Waals surface area contributed by atoms with Gasteiger partial charge in [0.2, 0.25) is 6.79 Å². The third-order valence-electron chi connectivity index (χ3n) is 2.91. The lowest BCUT2D eigenvalue weighted by Gasteiger charge is -2.08. The van der Waals surface area contributed by atoms with Crippen LogP contribution in [0.1, 0.15) is 15.9 Å². The van der Waals surface area contributed by atoms with E-state index < -0.39 is 0 Å². The summed E-state index contributed by atoms with van der Waals surface area (Å²) in [6, 6.07) is 12.5. The lowest BCUT2D eigenvalue weighted by molar-refractivity contribution is 0.0471. The van der Waals surface area contributed by atoms with Crippen molar-refractivity contribution in [1.82, 2.24) is 0 Å². The van der Waals surface area contributed by atoms with Crippen molar-refractivity contribution < 1.29 is 19.0 Å². The largest absolute Gasteiger partial charge is 0.457 e. The van der Waals surface area contributed by atoms with Crippen molar-refractivity contribution in [2.45, 2.75) is 6.61 Å². The number of halogens is 1. The molecule has 0 spiro atoms. The molecule has 2 aromatic carbocycles. The molecule has 3 rings (SSSR count). The van der Waals surface area contributed by atoms with E-state index in [2.05, 4.69) is 15.9 Å². The van der Waals surface area contributed by atoms with Gasteiger partial charge in [-0.25, -0.2) is 4.79 Å². The zero-order valence-electron chi connectivity index (χ0n) is 10.5. The van der Waals surface area contributed by atoms with E-state index in [-0.39, 0.29) is 19.4 Å². The van der Waals surface area contributed by atoms with Gasteiger partial charge in [0.05, 0.1) is 5.56 Å². The second kappa shape index (κ2) is 5.54. The summed E-state index contributed by atoms with van der Waals surface area (Å²) in [7, 11) is 0. The van der Waals surface area contributed by atoms with Crippen molar-refractivity contribution in [3.63, 3.8) is 0 Å². The first-order valence-electron chi connectivity index (χ1n) is 6.04. The monoisotopic (exact) mass is 334 g/mol. The molecule has 0 atom stereocenters. The van der Waals surface area contributed by atoms with Crippen LogP contribution in [0, 0.1) is 0 Å².